The van der Waals surface area contributed by atoms with Crippen molar-refractivity contribution in [3.8, 4) is 0 Å². The minimum absolute atomic E-state index is 0.0786. The maximum atomic E-state index is 13.9. The van der Waals surface area contributed by atoms with Crippen molar-refractivity contribution in [3.63, 3.8) is 0 Å². The highest BCUT2D eigenvalue weighted by Crippen LogP contribution is 2.49. The van der Waals surface area contributed by atoms with E-state index < -0.39 is 5.82 Å². The van der Waals surface area contributed by atoms with Crippen LogP contribution < -0.4 is 5.32 Å². The molecule has 0 bridgehead atoms. The monoisotopic (exact) mass is 373 g/mol. The van der Waals surface area contributed by atoms with Gasteiger partial charge in [0.05, 0.1) is 5.69 Å². The molecule has 3 heterocycles. The Kier molecular flexibility index (Phi) is 4.82. The number of rotatable bonds is 3. The van der Waals surface area contributed by atoms with Crippen LogP contribution in [-0.2, 0) is 11.3 Å². The average molecular weight is 373 g/mol. The Morgan fingerprint density at radius 2 is 2.15 bits per heavy atom. The van der Waals surface area contributed by atoms with Crippen LogP contribution in [0.25, 0.3) is 0 Å². The molecule has 1 spiro atoms. The maximum absolute atomic E-state index is 13.9. The number of likely N-dealkylation sites (tertiary alicyclic amines) is 1. The first-order chi connectivity index (χ1) is 13.1. The predicted molar refractivity (Wildman–Crippen MR) is 97.9 cm³/mol. The van der Waals surface area contributed by atoms with Crippen molar-refractivity contribution in [3.05, 3.63) is 42.2 Å². The van der Waals surface area contributed by atoms with Crippen LogP contribution >= 0.6 is 0 Å². The SMILES string of the molecule is CCn1cnnc1C1CN(C(=O)Nc2ccccc2F)CC12CCOCC2. The molecule has 1 unspecified atom stereocenters. The highest BCUT2D eigenvalue weighted by atomic mass is 19.1. The zero-order valence-electron chi connectivity index (χ0n) is 15.4. The second kappa shape index (κ2) is 7.26. The molecule has 1 aromatic heterocycles. The second-order valence-corrected chi connectivity index (χ2v) is 7.29. The molecule has 1 atom stereocenters. The molecule has 2 fully saturated rings. The van der Waals surface area contributed by atoms with Gasteiger partial charge in [-0.2, -0.15) is 0 Å². The molecule has 2 aliphatic heterocycles. The number of benzene rings is 1. The van der Waals surface area contributed by atoms with Crippen LogP contribution in [0, 0.1) is 11.2 Å². The molecule has 8 heteroatoms. The Balaban J connectivity index is 1.59. The maximum Gasteiger partial charge on any atom is 0.321 e. The summed E-state index contributed by atoms with van der Waals surface area (Å²) < 4.78 is 21.5. The number of nitrogens with zero attached hydrogens (tertiary/aromatic N) is 4. The molecule has 4 rings (SSSR count). The molecule has 2 amide bonds. The molecule has 7 nitrogen and oxygen atoms in total. The van der Waals surface area contributed by atoms with E-state index >= 15 is 0 Å². The van der Waals surface area contributed by atoms with Gasteiger partial charge in [-0.05, 0) is 31.9 Å². The molecule has 2 aliphatic rings. The lowest BCUT2D eigenvalue weighted by Crippen LogP contribution is -2.38. The van der Waals surface area contributed by atoms with Gasteiger partial charge in [-0.3, -0.25) is 0 Å². The molecule has 2 aromatic rings. The third kappa shape index (κ3) is 3.29. The van der Waals surface area contributed by atoms with Crippen LogP contribution in [-0.4, -0.2) is 52.0 Å². The zero-order chi connectivity index (χ0) is 18.9. The van der Waals surface area contributed by atoms with Crippen LogP contribution in [0.2, 0.25) is 0 Å². The van der Waals surface area contributed by atoms with Crippen molar-refractivity contribution in [2.75, 3.05) is 31.6 Å². The number of ether oxygens (including phenoxy) is 1. The van der Waals surface area contributed by atoms with Crippen molar-refractivity contribution >= 4 is 11.7 Å². The van der Waals surface area contributed by atoms with E-state index in [4.69, 9.17) is 4.74 Å². The van der Waals surface area contributed by atoms with Crippen LogP contribution in [0.5, 0.6) is 0 Å². The number of aryl methyl sites for hydroxylation is 1. The van der Waals surface area contributed by atoms with E-state index in [9.17, 15) is 9.18 Å². The Hall–Kier alpha value is -2.48. The van der Waals surface area contributed by atoms with Gasteiger partial charge in [-0.15, -0.1) is 10.2 Å². The first kappa shape index (κ1) is 17.9. The van der Waals surface area contributed by atoms with Gasteiger partial charge in [0.2, 0.25) is 0 Å². The van der Waals surface area contributed by atoms with Crippen LogP contribution in [0.15, 0.2) is 30.6 Å². The summed E-state index contributed by atoms with van der Waals surface area (Å²) in [4.78, 5) is 14.6. The Labute approximate surface area is 157 Å². The lowest BCUT2D eigenvalue weighted by molar-refractivity contribution is 0.0121. The van der Waals surface area contributed by atoms with Crippen molar-refractivity contribution in [1.82, 2.24) is 19.7 Å². The molecule has 2 saturated heterocycles. The summed E-state index contributed by atoms with van der Waals surface area (Å²) in [5, 5.41) is 11.1. The summed E-state index contributed by atoms with van der Waals surface area (Å²) in [5.41, 5.74) is 0.119. The quantitative estimate of drug-likeness (QED) is 0.898. The van der Waals surface area contributed by atoms with E-state index in [1.165, 1.54) is 6.07 Å². The number of hydrogen-bond donors (Lipinski definition) is 1. The van der Waals surface area contributed by atoms with E-state index in [2.05, 4.69) is 22.4 Å². The Bertz CT molecular complexity index is 818. The number of halogens is 1. The normalized spacial score (nSPS) is 21.6. The fourth-order valence-corrected chi connectivity index (χ4v) is 4.30. The van der Waals surface area contributed by atoms with Crippen molar-refractivity contribution in [2.45, 2.75) is 32.2 Å². The van der Waals surface area contributed by atoms with E-state index in [0.29, 0.717) is 26.3 Å². The highest BCUT2D eigenvalue weighted by Gasteiger charge is 2.51. The summed E-state index contributed by atoms with van der Waals surface area (Å²) >= 11 is 0. The standard InChI is InChI=1S/C19H24FN5O2/c1-2-24-13-21-23-17(24)14-11-25(12-19(14)7-9-27-10-8-19)18(26)22-16-6-4-3-5-15(16)20/h3-6,13-14H,2,7-12H2,1H3,(H,22,26). The van der Waals surface area contributed by atoms with Gasteiger partial charge in [0.1, 0.15) is 18.0 Å². The first-order valence-electron chi connectivity index (χ1n) is 9.39. The van der Waals surface area contributed by atoms with Gasteiger partial charge in [-0.25, -0.2) is 9.18 Å². The van der Waals surface area contributed by atoms with Gasteiger partial charge >= 0.3 is 6.03 Å². The number of aromatic nitrogens is 3. The summed E-state index contributed by atoms with van der Waals surface area (Å²) in [6.07, 6.45) is 3.49. The minimum atomic E-state index is -0.437. The number of para-hydroxylation sites is 1. The zero-order valence-corrected chi connectivity index (χ0v) is 15.4. The van der Waals surface area contributed by atoms with E-state index in [1.54, 1.807) is 29.4 Å². The fourth-order valence-electron chi connectivity index (χ4n) is 4.30. The number of amides is 2. The molecular formula is C19H24FN5O2. The molecular weight excluding hydrogens is 349 g/mol. The Morgan fingerprint density at radius 1 is 1.37 bits per heavy atom. The second-order valence-electron chi connectivity index (χ2n) is 7.29. The van der Waals surface area contributed by atoms with Crippen LogP contribution in [0.4, 0.5) is 14.9 Å². The van der Waals surface area contributed by atoms with Crippen molar-refractivity contribution < 1.29 is 13.9 Å². The minimum Gasteiger partial charge on any atom is -0.381 e. The van der Waals surface area contributed by atoms with Crippen LogP contribution in [0.3, 0.4) is 0 Å². The molecule has 27 heavy (non-hydrogen) atoms. The third-order valence-corrected chi connectivity index (χ3v) is 5.84. The molecule has 144 valence electrons. The first-order valence-corrected chi connectivity index (χ1v) is 9.39. The summed E-state index contributed by atoms with van der Waals surface area (Å²) in [5.74, 6) is 0.573. The molecule has 0 radical (unpaired) electrons. The molecule has 1 N–H and O–H groups in total. The van der Waals surface area contributed by atoms with E-state index in [0.717, 1.165) is 25.2 Å². The molecule has 0 aliphatic carbocycles. The van der Waals surface area contributed by atoms with Crippen LogP contribution in [0.1, 0.15) is 31.5 Å². The molecule has 0 saturated carbocycles. The van der Waals surface area contributed by atoms with E-state index in [-0.39, 0.29) is 23.1 Å². The smallest absolute Gasteiger partial charge is 0.321 e. The van der Waals surface area contributed by atoms with Gasteiger partial charge in [0, 0.05) is 44.2 Å². The number of urea groups is 1. The summed E-state index contributed by atoms with van der Waals surface area (Å²) in [6, 6.07) is 5.93. The Morgan fingerprint density at radius 3 is 2.89 bits per heavy atom. The highest BCUT2D eigenvalue weighted by molar-refractivity contribution is 5.89. The summed E-state index contributed by atoms with van der Waals surface area (Å²) in [6.45, 7) is 5.35. The number of carbonyl (C=O) groups is 1. The van der Waals surface area contributed by atoms with Gasteiger partial charge < -0.3 is 19.5 Å². The number of hydrogen-bond acceptors (Lipinski definition) is 4. The molecule has 1 aromatic carbocycles. The average Bonchev–Trinajstić information content (AvgIpc) is 3.28. The lowest BCUT2D eigenvalue weighted by Gasteiger charge is -2.37. The number of carbonyl (C=O) groups excluding carboxylic acids is 1. The third-order valence-electron chi connectivity index (χ3n) is 5.84. The van der Waals surface area contributed by atoms with Crippen molar-refractivity contribution in [1.29, 1.82) is 0 Å². The van der Waals surface area contributed by atoms with Gasteiger partial charge in [0.15, 0.2) is 0 Å². The summed E-state index contributed by atoms with van der Waals surface area (Å²) in [7, 11) is 0. The lowest BCUT2D eigenvalue weighted by atomic mass is 9.71. The number of anilines is 1. The van der Waals surface area contributed by atoms with Crippen molar-refractivity contribution in [2.24, 2.45) is 5.41 Å². The fraction of sp³-hybridized carbons (Fsp3) is 0.526. The topological polar surface area (TPSA) is 72.3 Å². The predicted octanol–water partition coefficient (Wildman–Crippen LogP) is 2.87. The number of nitrogens with one attached hydrogen (secondary N) is 1. The van der Waals surface area contributed by atoms with E-state index in [1.807, 2.05) is 4.57 Å². The largest absolute Gasteiger partial charge is 0.381 e. The van der Waals surface area contributed by atoms with Gasteiger partial charge in [0.25, 0.3) is 0 Å². The van der Waals surface area contributed by atoms with Gasteiger partial charge in [-0.1, -0.05) is 12.1 Å².